The lowest BCUT2D eigenvalue weighted by Crippen LogP contribution is -2.01. The lowest BCUT2D eigenvalue weighted by Gasteiger charge is -2.13. The van der Waals surface area contributed by atoms with Gasteiger partial charge < -0.3 is 14.6 Å². The first-order valence-corrected chi connectivity index (χ1v) is 9.04. The van der Waals surface area contributed by atoms with Gasteiger partial charge in [-0.2, -0.15) is 5.26 Å². The molecule has 29 heavy (non-hydrogen) atoms. The Labute approximate surface area is 174 Å². The van der Waals surface area contributed by atoms with E-state index in [1.165, 1.54) is 14.0 Å². The fraction of sp³-hybridized carbons (Fsp3) is 0.130. The van der Waals surface area contributed by atoms with E-state index in [-0.39, 0.29) is 12.6 Å². The maximum Gasteiger partial charge on any atom is 0.188 e. The van der Waals surface area contributed by atoms with E-state index in [4.69, 9.17) is 31.4 Å². The highest BCUT2D eigenvalue weighted by Gasteiger charge is 2.13. The van der Waals surface area contributed by atoms with Crippen LogP contribution >= 0.6 is 11.6 Å². The van der Waals surface area contributed by atoms with Crippen molar-refractivity contribution in [3.8, 4) is 28.7 Å². The summed E-state index contributed by atoms with van der Waals surface area (Å²) in [5, 5.41) is 18.1. The van der Waals surface area contributed by atoms with Crippen LogP contribution in [0, 0.1) is 11.3 Å². The molecule has 0 amide bonds. The van der Waals surface area contributed by atoms with Gasteiger partial charge in [-0.3, -0.25) is 4.79 Å². The minimum absolute atomic E-state index is 0.0318. The Morgan fingerprint density at radius 3 is 2.38 bits per heavy atom. The first-order valence-electron chi connectivity index (χ1n) is 8.67. The van der Waals surface area contributed by atoms with Crippen LogP contribution in [0.3, 0.4) is 0 Å². The molecule has 3 aromatic carbocycles. The van der Waals surface area contributed by atoms with Gasteiger partial charge in [0.1, 0.15) is 17.6 Å². The Morgan fingerprint density at radius 1 is 1.10 bits per heavy atom. The van der Waals surface area contributed by atoms with Crippen molar-refractivity contribution >= 4 is 17.4 Å². The molecular weight excluding hydrogens is 390 g/mol. The fourth-order valence-electron chi connectivity index (χ4n) is 2.44. The molecule has 0 aliphatic heterocycles. The lowest BCUT2D eigenvalue weighted by molar-refractivity contribution is 0.0515. The van der Waals surface area contributed by atoms with Crippen molar-refractivity contribution < 1.29 is 19.4 Å². The number of nitriles is 1. The number of methoxy groups -OCH3 is 1. The van der Waals surface area contributed by atoms with E-state index < -0.39 is 0 Å². The number of carbonyl (C=O) groups is 1. The average Bonchev–Trinajstić information content (AvgIpc) is 2.73. The summed E-state index contributed by atoms with van der Waals surface area (Å²) in [6.45, 7) is 1.56. The minimum atomic E-state index is -0.0318. The third-order valence-electron chi connectivity index (χ3n) is 3.86. The highest BCUT2D eigenvalue weighted by atomic mass is 35.5. The summed E-state index contributed by atoms with van der Waals surface area (Å²) in [5.41, 5.74) is 2.38. The van der Waals surface area contributed by atoms with Gasteiger partial charge in [-0.25, -0.2) is 0 Å². The van der Waals surface area contributed by atoms with E-state index in [0.717, 1.165) is 5.56 Å². The number of halogens is 1. The highest BCUT2D eigenvalue weighted by Crippen LogP contribution is 2.35. The molecule has 0 unspecified atom stereocenters. The van der Waals surface area contributed by atoms with Crippen molar-refractivity contribution in [2.75, 3.05) is 13.9 Å². The highest BCUT2D eigenvalue weighted by molar-refractivity contribution is 6.32. The normalized spacial score (nSPS) is 9.72. The van der Waals surface area contributed by atoms with Gasteiger partial charge in [0, 0.05) is 24.3 Å². The van der Waals surface area contributed by atoms with Gasteiger partial charge in [-0.05, 0) is 36.8 Å². The van der Waals surface area contributed by atoms with Gasteiger partial charge in [0.15, 0.2) is 12.6 Å². The molecule has 6 heteroatoms. The molecule has 0 atom stereocenters. The Hall–Kier alpha value is -3.33. The van der Waals surface area contributed by atoms with Gasteiger partial charge in [0.2, 0.25) is 0 Å². The van der Waals surface area contributed by atoms with Crippen LogP contribution in [0.5, 0.6) is 11.5 Å². The monoisotopic (exact) mass is 409 g/mol. The largest absolute Gasteiger partial charge is 0.508 e. The van der Waals surface area contributed by atoms with Crippen LogP contribution in [0.4, 0.5) is 0 Å². The zero-order valence-corrected chi connectivity index (χ0v) is 16.8. The molecule has 148 valence electrons. The number of benzene rings is 3. The van der Waals surface area contributed by atoms with Crippen molar-refractivity contribution in [3.63, 3.8) is 0 Å². The van der Waals surface area contributed by atoms with Crippen molar-refractivity contribution in [3.05, 3.63) is 82.9 Å². The Bertz CT molecular complexity index is 1010. The molecule has 0 fully saturated rings. The van der Waals surface area contributed by atoms with Crippen molar-refractivity contribution in [1.82, 2.24) is 0 Å². The smallest absolute Gasteiger partial charge is 0.188 e. The number of Topliss-reactive ketones (excluding diaryl/α,β-unsaturated/α-hetero) is 1. The van der Waals surface area contributed by atoms with E-state index >= 15 is 0 Å². The molecule has 0 aliphatic rings. The van der Waals surface area contributed by atoms with Crippen LogP contribution in [0.25, 0.3) is 11.1 Å². The Balaban J connectivity index is 0.000000360. The summed E-state index contributed by atoms with van der Waals surface area (Å²) in [7, 11) is 1.52. The molecular formula is C23H20ClNO4. The number of phenols is 1. The molecule has 0 heterocycles. The van der Waals surface area contributed by atoms with Crippen LogP contribution < -0.4 is 4.74 Å². The number of para-hydroxylation sites is 1. The predicted octanol–water partition coefficient (Wildman–Crippen LogP) is 5.46. The molecule has 0 spiro atoms. The van der Waals surface area contributed by atoms with Gasteiger partial charge >= 0.3 is 0 Å². The molecule has 1 N–H and O–H groups in total. The van der Waals surface area contributed by atoms with E-state index in [1.807, 2.05) is 18.2 Å². The number of nitrogens with zero attached hydrogens (tertiary/aromatic N) is 1. The fourth-order valence-corrected chi connectivity index (χ4v) is 2.64. The van der Waals surface area contributed by atoms with Gasteiger partial charge in [-0.15, -0.1) is 0 Å². The van der Waals surface area contributed by atoms with Gasteiger partial charge in [0.05, 0.1) is 10.6 Å². The second-order valence-corrected chi connectivity index (χ2v) is 6.37. The number of hydrogen-bond acceptors (Lipinski definition) is 5. The van der Waals surface area contributed by atoms with Crippen LogP contribution in [0.2, 0.25) is 5.02 Å². The maximum absolute atomic E-state index is 11.5. The van der Waals surface area contributed by atoms with Crippen LogP contribution in [-0.4, -0.2) is 24.8 Å². The SMILES string of the molecule is COCOc1cc(Cl)c(C#N)cc1-c1cccc(C(C)=O)c1.Oc1ccccc1. The quantitative estimate of drug-likeness (QED) is 0.447. The maximum atomic E-state index is 11.5. The molecule has 0 saturated carbocycles. The molecule has 3 rings (SSSR count). The van der Waals surface area contributed by atoms with Crippen LogP contribution in [0.1, 0.15) is 22.8 Å². The van der Waals surface area contributed by atoms with Crippen molar-refractivity contribution in [2.45, 2.75) is 6.92 Å². The summed E-state index contributed by atoms with van der Waals surface area (Å²) < 4.78 is 10.4. The number of carbonyl (C=O) groups excluding carboxylic acids is 1. The second kappa shape index (κ2) is 10.9. The van der Waals surface area contributed by atoms with Crippen LogP contribution in [0.15, 0.2) is 66.7 Å². The summed E-state index contributed by atoms with van der Waals surface area (Å²) in [6, 6.07) is 21.1. The Morgan fingerprint density at radius 2 is 1.83 bits per heavy atom. The zero-order valence-electron chi connectivity index (χ0n) is 16.1. The van der Waals surface area contributed by atoms with Crippen LogP contribution in [-0.2, 0) is 4.74 Å². The molecule has 0 aromatic heterocycles. The van der Waals surface area contributed by atoms with Crippen molar-refractivity contribution in [1.29, 1.82) is 5.26 Å². The standard InChI is InChI=1S/C17H14ClNO3.C6H6O/c1-11(20)12-4-3-5-13(6-12)15-7-14(9-19)16(18)8-17(15)22-10-21-2;7-6-4-2-1-3-5-6/h3-8H,10H2,1-2H3;1-5,7H. The number of rotatable bonds is 5. The number of phenolic OH excluding ortho intramolecular Hbond substituents is 1. The van der Waals surface area contributed by atoms with E-state index in [2.05, 4.69) is 0 Å². The summed E-state index contributed by atoms with van der Waals surface area (Å²) >= 11 is 6.05. The zero-order chi connectivity index (χ0) is 21.2. The molecule has 0 radical (unpaired) electrons. The molecule has 5 nitrogen and oxygen atoms in total. The first-order chi connectivity index (χ1) is 14.0. The topological polar surface area (TPSA) is 79.5 Å². The number of aromatic hydroxyl groups is 1. The summed E-state index contributed by atoms with van der Waals surface area (Å²) in [5.74, 6) is 0.782. The van der Waals surface area contributed by atoms with Crippen molar-refractivity contribution in [2.24, 2.45) is 0 Å². The van der Waals surface area contributed by atoms with Gasteiger partial charge in [0.25, 0.3) is 0 Å². The Kier molecular flexibility index (Phi) is 8.23. The second-order valence-electron chi connectivity index (χ2n) is 5.96. The summed E-state index contributed by atoms with van der Waals surface area (Å²) in [6.07, 6.45) is 0. The molecule has 3 aromatic rings. The summed E-state index contributed by atoms with van der Waals surface area (Å²) in [4.78, 5) is 11.5. The number of ether oxygens (including phenoxy) is 2. The van der Waals surface area contributed by atoms with E-state index in [1.54, 1.807) is 54.6 Å². The predicted molar refractivity (Wildman–Crippen MR) is 112 cm³/mol. The van der Waals surface area contributed by atoms with E-state index in [9.17, 15) is 4.79 Å². The molecule has 0 saturated heterocycles. The third kappa shape index (κ3) is 6.35. The first kappa shape index (κ1) is 22.0. The average molecular weight is 410 g/mol. The molecule has 0 bridgehead atoms. The molecule has 0 aliphatic carbocycles. The lowest BCUT2D eigenvalue weighted by atomic mass is 9.99. The minimum Gasteiger partial charge on any atom is -0.508 e. The van der Waals surface area contributed by atoms with Gasteiger partial charge in [-0.1, -0.05) is 48.0 Å². The van der Waals surface area contributed by atoms with E-state index in [0.29, 0.717) is 33.2 Å². The number of ketones is 1. The third-order valence-corrected chi connectivity index (χ3v) is 4.17. The number of hydrogen-bond donors (Lipinski definition) is 1.